The van der Waals surface area contributed by atoms with E-state index in [1.807, 2.05) is 18.2 Å². The van der Waals surface area contributed by atoms with Gasteiger partial charge in [0.2, 0.25) is 5.91 Å². The number of ether oxygens (including phenoxy) is 3. The Labute approximate surface area is 198 Å². The molecule has 8 nitrogen and oxygen atoms in total. The normalized spacial score (nSPS) is 16.2. The Bertz CT molecular complexity index is 1030. The molecular weight excluding hydrogens is 443 g/mol. The molecular formula is C25H29FN2O6. The lowest BCUT2D eigenvalue weighted by Crippen LogP contribution is -2.33. The number of carbonyl (C=O) groups excluding carboxylic acids is 3. The largest absolute Gasteiger partial charge is 0.493 e. The van der Waals surface area contributed by atoms with Crippen molar-refractivity contribution in [3.8, 4) is 11.5 Å². The molecule has 3 rings (SSSR count). The van der Waals surface area contributed by atoms with Gasteiger partial charge in [0.25, 0.3) is 5.91 Å². The smallest absolute Gasteiger partial charge is 0.311 e. The number of nitrogens with zero attached hydrogens (tertiary/aromatic N) is 1. The average Bonchev–Trinajstić information content (AvgIpc) is 3.21. The lowest BCUT2D eigenvalue weighted by atomic mass is 10.1. The van der Waals surface area contributed by atoms with Gasteiger partial charge in [-0.25, -0.2) is 4.39 Å². The summed E-state index contributed by atoms with van der Waals surface area (Å²) in [6, 6.07) is 11.0. The van der Waals surface area contributed by atoms with Gasteiger partial charge in [-0.3, -0.25) is 14.4 Å². The molecule has 9 heteroatoms. The topological polar surface area (TPSA) is 94.2 Å². The molecule has 182 valence electrons. The van der Waals surface area contributed by atoms with Crippen LogP contribution in [0.4, 0.5) is 4.39 Å². The summed E-state index contributed by atoms with van der Waals surface area (Å²) in [5.74, 6) is -0.910. The summed E-state index contributed by atoms with van der Waals surface area (Å²) in [6.45, 7) is 2.01. The zero-order valence-electron chi connectivity index (χ0n) is 19.5. The van der Waals surface area contributed by atoms with E-state index in [-0.39, 0.29) is 30.7 Å². The number of rotatable bonds is 10. The molecule has 2 atom stereocenters. The lowest BCUT2D eigenvalue weighted by Gasteiger charge is -2.17. The Kier molecular flexibility index (Phi) is 8.45. The second kappa shape index (κ2) is 11.5. The summed E-state index contributed by atoms with van der Waals surface area (Å²) in [7, 11) is 3.13. The number of hydrogen-bond donors (Lipinski definition) is 1. The molecule has 2 aromatic rings. The molecule has 2 amide bonds. The van der Waals surface area contributed by atoms with E-state index in [4.69, 9.17) is 14.2 Å². The van der Waals surface area contributed by atoms with Crippen LogP contribution >= 0.6 is 0 Å². The van der Waals surface area contributed by atoms with Crippen molar-refractivity contribution in [2.24, 2.45) is 5.92 Å². The number of amides is 2. The standard InChI is InChI=1S/C25H29FN2O6/c1-16(18-5-7-20(26)8-6-18)27-23(29)15-34-25(31)19-13-24(30)28(14-19)11-10-17-4-9-21(32-2)22(12-17)33-3/h4-9,12,16,19H,10-11,13-15H2,1-3H3,(H,27,29)/t16-,19-/m0/s1. The SMILES string of the molecule is COc1ccc(CCN2C[C@@H](C(=O)OCC(=O)N[C@@H](C)c3ccc(F)cc3)CC2=O)cc1OC. The van der Waals surface area contributed by atoms with E-state index in [0.29, 0.717) is 24.5 Å². The van der Waals surface area contributed by atoms with Gasteiger partial charge in [-0.1, -0.05) is 18.2 Å². The second-order valence-corrected chi connectivity index (χ2v) is 8.13. The van der Waals surface area contributed by atoms with Crippen molar-refractivity contribution in [3.63, 3.8) is 0 Å². The first-order chi connectivity index (χ1) is 16.3. The molecule has 1 heterocycles. The number of nitrogens with one attached hydrogen (secondary N) is 1. The molecule has 2 aromatic carbocycles. The van der Waals surface area contributed by atoms with Crippen LogP contribution in [0.3, 0.4) is 0 Å². The van der Waals surface area contributed by atoms with Crippen molar-refractivity contribution in [1.82, 2.24) is 10.2 Å². The molecule has 1 fully saturated rings. The number of esters is 1. The van der Waals surface area contributed by atoms with Crippen LogP contribution in [0.1, 0.15) is 30.5 Å². The quantitative estimate of drug-likeness (QED) is 0.535. The number of methoxy groups -OCH3 is 2. The Hall–Kier alpha value is -3.62. The van der Waals surface area contributed by atoms with E-state index in [1.165, 1.54) is 12.1 Å². The van der Waals surface area contributed by atoms with Crippen molar-refractivity contribution in [2.75, 3.05) is 33.9 Å². The summed E-state index contributed by atoms with van der Waals surface area (Å²) in [6.07, 6.45) is 0.649. The van der Waals surface area contributed by atoms with Gasteiger partial charge in [0, 0.05) is 19.5 Å². The maximum absolute atomic E-state index is 13.0. The van der Waals surface area contributed by atoms with Crippen LogP contribution in [0.5, 0.6) is 11.5 Å². The fourth-order valence-electron chi connectivity index (χ4n) is 3.82. The molecule has 0 saturated carbocycles. The van der Waals surface area contributed by atoms with Gasteiger partial charge in [-0.05, 0) is 48.7 Å². The van der Waals surface area contributed by atoms with Crippen molar-refractivity contribution in [3.05, 3.63) is 59.4 Å². The number of hydrogen-bond acceptors (Lipinski definition) is 6. The molecule has 0 radical (unpaired) electrons. The van der Waals surface area contributed by atoms with E-state index < -0.39 is 24.4 Å². The third-order valence-electron chi connectivity index (χ3n) is 5.76. The van der Waals surface area contributed by atoms with E-state index in [9.17, 15) is 18.8 Å². The zero-order chi connectivity index (χ0) is 24.7. The van der Waals surface area contributed by atoms with Crippen LogP contribution in [0.25, 0.3) is 0 Å². The number of halogens is 1. The van der Waals surface area contributed by atoms with Crippen LogP contribution in [-0.2, 0) is 25.5 Å². The summed E-state index contributed by atoms with van der Waals surface area (Å²) in [5, 5.41) is 2.70. The van der Waals surface area contributed by atoms with Gasteiger partial charge >= 0.3 is 5.97 Å². The highest BCUT2D eigenvalue weighted by Crippen LogP contribution is 2.28. The van der Waals surface area contributed by atoms with Crippen molar-refractivity contribution < 1.29 is 33.0 Å². The third kappa shape index (κ3) is 6.46. The van der Waals surface area contributed by atoms with E-state index >= 15 is 0 Å². The highest BCUT2D eigenvalue weighted by molar-refractivity contribution is 5.88. The minimum Gasteiger partial charge on any atom is -0.493 e. The second-order valence-electron chi connectivity index (χ2n) is 8.13. The molecule has 1 saturated heterocycles. The zero-order valence-corrected chi connectivity index (χ0v) is 19.5. The molecule has 0 unspecified atom stereocenters. The Morgan fingerprint density at radius 3 is 2.50 bits per heavy atom. The Balaban J connectivity index is 1.44. The molecule has 0 aromatic heterocycles. The summed E-state index contributed by atoms with van der Waals surface area (Å²) in [4.78, 5) is 38.5. The molecule has 0 aliphatic carbocycles. The first kappa shape index (κ1) is 25.0. The van der Waals surface area contributed by atoms with Crippen molar-refractivity contribution in [1.29, 1.82) is 0 Å². The number of likely N-dealkylation sites (tertiary alicyclic amines) is 1. The highest BCUT2D eigenvalue weighted by atomic mass is 19.1. The molecule has 0 spiro atoms. The number of benzene rings is 2. The fraction of sp³-hybridized carbons (Fsp3) is 0.400. The lowest BCUT2D eigenvalue weighted by molar-refractivity contribution is -0.152. The van der Waals surface area contributed by atoms with Gasteiger partial charge in [0.15, 0.2) is 18.1 Å². The highest BCUT2D eigenvalue weighted by Gasteiger charge is 2.35. The number of carbonyl (C=O) groups is 3. The predicted molar refractivity (Wildman–Crippen MR) is 122 cm³/mol. The van der Waals surface area contributed by atoms with Gasteiger partial charge in [-0.2, -0.15) is 0 Å². The van der Waals surface area contributed by atoms with Gasteiger partial charge in [-0.15, -0.1) is 0 Å². The monoisotopic (exact) mass is 472 g/mol. The molecule has 1 aliphatic rings. The average molecular weight is 473 g/mol. The maximum Gasteiger partial charge on any atom is 0.311 e. The summed E-state index contributed by atoms with van der Waals surface area (Å²) < 4.78 is 28.7. The molecule has 1 aliphatic heterocycles. The van der Waals surface area contributed by atoms with Gasteiger partial charge < -0.3 is 24.4 Å². The van der Waals surface area contributed by atoms with Crippen LogP contribution in [-0.4, -0.2) is 56.6 Å². The van der Waals surface area contributed by atoms with Gasteiger partial charge in [0.1, 0.15) is 5.82 Å². The minimum atomic E-state index is -0.611. The van der Waals surface area contributed by atoms with E-state index in [0.717, 1.165) is 11.1 Å². The Morgan fingerprint density at radius 2 is 1.82 bits per heavy atom. The molecule has 34 heavy (non-hydrogen) atoms. The summed E-state index contributed by atoms with van der Waals surface area (Å²) >= 11 is 0. The first-order valence-electron chi connectivity index (χ1n) is 11.0. The third-order valence-corrected chi connectivity index (χ3v) is 5.76. The molecule has 1 N–H and O–H groups in total. The van der Waals surface area contributed by atoms with Crippen molar-refractivity contribution in [2.45, 2.75) is 25.8 Å². The van der Waals surface area contributed by atoms with Gasteiger partial charge in [0.05, 0.1) is 26.2 Å². The molecule has 0 bridgehead atoms. The van der Waals surface area contributed by atoms with Crippen molar-refractivity contribution >= 4 is 17.8 Å². The van der Waals surface area contributed by atoms with Crippen LogP contribution in [0, 0.1) is 11.7 Å². The Morgan fingerprint density at radius 1 is 1.12 bits per heavy atom. The van der Waals surface area contributed by atoms with Crippen LogP contribution in [0.2, 0.25) is 0 Å². The van der Waals surface area contributed by atoms with Crippen LogP contribution in [0.15, 0.2) is 42.5 Å². The van der Waals surface area contributed by atoms with Crippen LogP contribution < -0.4 is 14.8 Å². The fourth-order valence-corrected chi connectivity index (χ4v) is 3.82. The maximum atomic E-state index is 13.0. The summed E-state index contributed by atoms with van der Waals surface area (Å²) in [5.41, 5.74) is 1.70. The van der Waals surface area contributed by atoms with E-state index in [2.05, 4.69) is 5.32 Å². The first-order valence-corrected chi connectivity index (χ1v) is 11.0. The minimum absolute atomic E-state index is 0.0539. The van der Waals surface area contributed by atoms with E-state index in [1.54, 1.807) is 38.2 Å². The predicted octanol–water partition coefficient (Wildman–Crippen LogP) is 2.65.